The van der Waals surface area contributed by atoms with Gasteiger partial charge in [0.1, 0.15) is 5.69 Å². The molecule has 2 atom stereocenters. The number of nitrogens with two attached hydrogens (primary N) is 1. The van der Waals surface area contributed by atoms with Crippen molar-refractivity contribution in [2.75, 3.05) is 33.9 Å². The van der Waals surface area contributed by atoms with Crippen LogP contribution >= 0.6 is 0 Å². The molecule has 1 aliphatic heterocycles. The third-order valence-electron chi connectivity index (χ3n) is 4.24. The Morgan fingerprint density at radius 1 is 1.40 bits per heavy atom. The van der Waals surface area contributed by atoms with Crippen LogP contribution < -0.4 is 15.2 Å². The number of hydrogen-bond acceptors (Lipinski definition) is 5. The number of piperidine rings is 1. The van der Waals surface area contributed by atoms with Crippen LogP contribution in [-0.4, -0.2) is 43.7 Å². The molecule has 2 N–H and O–H groups in total. The summed E-state index contributed by atoms with van der Waals surface area (Å²) in [5, 5.41) is 0. The van der Waals surface area contributed by atoms with Crippen molar-refractivity contribution in [2.45, 2.75) is 19.9 Å². The maximum atomic E-state index is 5.86. The van der Waals surface area contributed by atoms with E-state index >= 15 is 0 Å². The summed E-state index contributed by atoms with van der Waals surface area (Å²) < 4.78 is 10.8. The predicted octanol–water partition coefficient (Wildman–Crippen LogP) is 1.52. The summed E-state index contributed by atoms with van der Waals surface area (Å²) in [6.07, 6.45) is 2.96. The maximum Gasteiger partial charge on any atom is 0.183 e. The van der Waals surface area contributed by atoms with E-state index in [0.29, 0.717) is 11.8 Å². The van der Waals surface area contributed by atoms with E-state index in [0.717, 1.165) is 43.4 Å². The standard InChI is InChI=1S/C15H25N3O2/c1-11-5-7-18(9-12(11)8-16)10-13-15(20-3)14(19-2)4-6-17-13/h4,6,11-12H,5,7-10,16H2,1-3H3. The predicted molar refractivity (Wildman–Crippen MR) is 78.9 cm³/mol. The highest BCUT2D eigenvalue weighted by Gasteiger charge is 2.26. The molecule has 0 aromatic carbocycles. The lowest BCUT2D eigenvalue weighted by Gasteiger charge is -2.36. The molecule has 0 amide bonds. The van der Waals surface area contributed by atoms with Crippen molar-refractivity contribution in [1.29, 1.82) is 0 Å². The van der Waals surface area contributed by atoms with E-state index in [4.69, 9.17) is 15.2 Å². The van der Waals surface area contributed by atoms with Crippen molar-refractivity contribution >= 4 is 0 Å². The van der Waals surface area contributed by atoms with Gasteiger partial charge in [-0.15, -0.1) is 0 Å². The van der Waals surface area contributed by atoms with Crippen LogP contribution in [0.5, 0.6) is 11.5 Å². The summed E-state index contributed by atoms with van der Waals surface area (Å²) in [6, 6.07) is 1.82. The molecule has 0 saturated carbocycles. The molecule has 2 heterocycles. The minimum atomic E-state index is 0.570. The lowest BCUT2D eigenvalue weighted by atomic mass is 9.87. The third-order valence-corrected chi connectivity index (χ3v) is 4.24. The van der Waals surface area contributed by atoms with Crippen molar-refractivity contribution in [3.63, 3.8) is 0 Å². The number of pyridine rings is 1. The first kappa shape index (κ1) is 15.1. The van der Waals surface area contributed by atoms with Gasteiger partial charge in [0.05, 0.1) is 14.2 Å². The lowest BCUT2D eigenvalue weighted by molar-refractivity contribution is 0.123. The van der Waals surface area contributed by atoms with Crippen molar-refractivity contribution in [3.8, 4) is 11.5 Å². The highest BCUT2D eigenvalue weighted by Crippen LogP contribution is 2.31. The molecule has 0 aliphatic carbocycles. The van der Waals surface area contributed by atoms with Crippen LogP contribution in [0.2, 0.25) is 0 Å². The Bertz CT molecular complexity index is 439. The minimum absolute atomic E-state index is 0.570. The van der Waals surface area contributed by atoms with Crippen LogP contribution in [0.15, 0.2) is 12.3 Å². The van der Waals surface area contributed by atoms with Gasteiger partial charge >= 0.3 is 0 Å². The average molecular weight is 279 g/mol. The molecule has 5 heteroatoms. The zero-order chi connectivity index (χ0) is 14.5. The number of aromatic nitrogens is 1. The molecular formula is C15H25N3O2. The van der Waals surface area contributed by atoms with Crippen molar-refractivity contribution in [1.82, 2.24) is 9.88 Å². The molecule has 1 fully saturated rings. The van der Waals surface area contributed by atoms with Gasteiger partial charge in [-0.1, -0.05) is 6.92 Å². The molecule has 5 nitrogen and oxygen atoms in total. The summed E-state index contributed by atoms with van der Waals surface area (Å²) in [7, 11) is 3.30. The third kappa shape index (κ3) is 3.22. The Morgan fingerprint density at radius 2 is 2.20 bits per heavy atom. The van der Waals surface area contributed by atoms with E-state index in [1.807, 2.05) is 6.07 Å². The topological polar surface area (TPSA) is 60.6 Å². The molecule has 112 valence electrons. The summed E-state index contributed by atoms with van der Waals surface area (Å²) in [6.45, 7) is 5.93. The first-order valence-electron chi connectivity index (χ1n) is 7.17. The highest BCUT2D eigenvalue weighted by atomic mass is 16.5. The monoisotopic (exact) mass is 279 g/mol. The first-order valence-corrected chi connectivity index (χ1v) is 7.17. The van der Waals surface area contributed by atoms with E-state index < -0.39 is 0 Å². The zero-order valence-electron chi connectivity index (χ0n) is 12.6. The van der Waals surface area contributed by atoms with Crippen LogP contribution in [0.1, 0.15) is 19.0 Å². The minimum Gasteiger partial charge on any atom is -0.493 e. The van der Waals surface area contributed by atoms with Crippen LogP contribution in [0.25, 0.3) is 0 Å². The second kappa shape index (κ2) is 6.90. The van der Waals surface area contributed by atoms with Crippen molar-refractivity contribution in [2.24, 2.45) is 17.6 Å². The van der Waals surface area contributed by atoms with Gasteiger partial charge in [0, 0.05) is 25.4 Å². The smallest absolute Gasteiger partial charge is 0.183 e. The van der Waals surface area contributed by atoms with Crippen molar-refractivity contribution < 1.29 is 9.47 Å². The average Bonchev–Trinajstić information content (AvgIpc) is 2.48. The molecule has 0 bridgehead atoms. The summed E-state index contributed by atoms with van der Waals surface area (Å²) in [4.78, 5) is 6.85. The van der Waals surface area contributed by atoms with Crippen molar-refractivity contribution in [3.05, 3.63) is 18.0 Å². The molecule has 0 radical (unpaired) electrons. The molecule has 1 aliphatic rings. The van der Waals surface area contributed by atoms with E-state index in [1.165, 1.54) is 6.42 Å². The molecule has 2 rings (SSSR count). The van der Waals surface area contributed by atoms with E-state index in [2.05, 4.69) is 16.8 Å². The van der Waals surface area contributed by atoms with Gasteiger partial charge in [-0.3, -0.25) is 9.88 Å². The Kier molecular flexibility index (Phi) is 5.20. The fourth-order valence-electron chi connectivity index (χ4n) is 2.85. The van der Waals surface area contributed by atoms with Crippen LogP contribution in [-0.2, 0) is 6.54 Å². The Hall–Kier alpha value is -1.33. The normalized spacial score (nSPS) is 23.6. The van der Waals surface area contributed by atoms with Gasteiger partial charge in [0.15, 0.2) is 11.5 Å². The molecule has 2 unspecified atom stereocenters. The summed E-state index contributed by atoms with van der Waals surface area (Å²) in [5.41, 5.74) is 6.79. The Balaban J connectivity index is 2.10. The largest absolute Gasteiger partial charge is 0.493 e. The molecule has 1 aromatic heterocycles. The summed E-state index contributed by atoms with van der Waals surface area (Å²) in [5.74, 6) is 2.74. The Morgan fingerprint density at radius 3 is 2.85 bits per heavy atom. The van der Waals surface area contributed by atoms with Gasteiger partial charge in [0.25, 0.3) is 0 Å². The van der Waals surface area contributed by atoms with Gasteiger partial charge < -0.3 is 15.2 Å². The SMILES string of the molecule is COc1ccnc(CN2CCC(C)C(CN)C2)c1OC. The number of nitrogens with zero attached hydrogens (tertiary/aromatic N) is 2. The highest BCUT2D eigenvalue weighted by molar-refractivity contribution is 5.42. The van der Waals surface area contributed by atoms with Gasteiger partial charge in [-0.05, 0) is 31.3 Å². The Labute approximate surface area is 121 Å². The quantitative estimate of drug-likeness (QED) is 0.885. The van der Waals surface area contributed by atoms with Gasteiger partial charge in [0.2, 0.25) is 0 Å². The van der Waals surface area contributed by atoms with E-state index in [1.54, 1.807) is 20.4 Å². The van der Waals surface area contributed by atoms with E-state index in [-0.39, 0.29) is 0 Å². The second-order valence-corrected chi connectivity index (χ2v) is 5.49. The second-order valence-electron chi connectivity index (χ2n) is 5.49. The number of ether oxygens (including phenoxy) is 2. The molecule has 0 spiro atoms. The zero-order valence-corrected chi connectivity index (χ0v) is 12.6. The fraction of sp³-hybridized carbons (Fsp3) is 0.667. The fourth-order valence-corrected chi connectivity index (χ4v) is 2.85. The summed E-state index contributed by atoms with van der Waals surface area (Å²) >= 11 is 0. The van der Waals surface area contributed by atoms with Crippen LogP contribution in [0.3, 0.4) is 0 Å². The number of rotatable bonds is 5. The van der Waals surface area contributed by atoms with Crippen LogP contribution in [0, 0.1) is 11.8 Å². The van der Waals surface area contributed by atoms with E-state index in [9.17, 15) is 0 Å². The number of likely N-dealkylation sites (tertiary alicyclic amines) is 1. The molecule has 1 saturated heterocycles. The lowest BCUT2D eigenvalue weighted by Crippen LogP contribution is -2.42. The first-order chi connectivity index (χ1) is 9.69. The maximum absolute atomic E-state index is 5.86. The molecule has 1 aromatic rings. The number of methoxy groups -OCH3 is 2. The molecule has 20 heavy (non-hydrogen) atoms. The molecular weight excluding hydrogens is 254 g/mol. The number of hydrogen-bond donors (Lipinski definition) is 1. The van der Waals surface area contributed by atoms with Gasteiger partial charge in [-0.25, -0.2) is 0 Å². The van der Waals surface area contributed by atoms with Gasteiger partial charge in [-0.2, -0.15) is 0 Å². The van der Waals surface area contributed by atoms with Crippen LogP contribution in [0.4, 0.5) is 0 Å².